The van der Waals surface area contributed by atoms with E-state index >= 15 is 0 Å². The molecule has 1 heterocycles. The quantitative estimate of drug-likeness (QED) is 0.622. The zero-order valence-corrected chi connectivity index (χ0v) is 16.1. The van der Waals surface area contributed by atoms with Crippen molar-refractivity contribution in [1.29, 1.82) is 0 Å². The van der Waals surface area contributed by atoms with Gasteiger partial charge in [0, 0.05) is 27.1 Å². The van der Waals surface area contributed by atoms with Crippen molar-refractivity contribution in [3.63, 3.8) is 0 Å². The van der Waals surface area contributed by atoms with Crippen molar-refractivity contribution in [2.24, 2.45) is 5.92 Å². The van der Waals surface area contributed by atoms with Gasteiger partial charge in [-0.3, -0.25) is 0 Å². The lowest BCUT2D eigenvalue weighted by atomic mass is 10.0. The molecule has 6 heteroatoms. The first kappa shape index (κ1) is 16.9. The summed E-state index contributed by atoms with van der Waals surface area (Å²) in [6.45, 7) is 7.63. The van der Waals surface area contributed by atoms with Crippen molar-refractivity contribution in [1.82, 2.24) is 4.90 Å². The van der Waals surface area contributed by atoms with Crippen molar-refractivity contribution in [3.05, 3.63) is 26.2 Å². The summed E-state index contributed by atoms with van der Waals surface area (Å²) in [5, 5.41) is 0. The van der Waals surface area contributed by atoms with Gasteiger partial charge in [-0.05, 0) is 61.6 Å². The van der Waals surface area contributed by atoms with Crippen molar-refractivity contribution in [2.75, 3.05) is 19.7 Å². The Hall–Kier alpha value is -0.500. The Morgan fingerprint density at radius 1 is 1.38 bits per heavy atom. The molecule has 21 heavy (non-hydrogen) atoms. The molecule has 1 saturated heterocycles. The van der Waals surface area contributed by atoms with Crippen LogP contribution >= 0.6 is 38.5 Å². The van der Waals surface area contributed by atoms with Crippen molar-refractivity contribution in [2.45, 2.75) is 26.4 Å². The minimum Gasteiger partial charge on any atom is -0.493 e. The highest BCUT2D eigenvalue weighted by molar-refractivity contribution is 14.1. The van der Waals surface area contributed by atoms with Crippen LogP contribution in [0.3, 0.4) is 0 Å². The average Bonchev–Trinajstić information content (AvgIpc) is 2.22. The molecule has 0 spiro atoms. The summed E-state index contributed by atoms with van der Waals surface area (Å²) in [7, 11) is 0. The summed E-state index contributed by atoms with van der Waals surface area (Å²) >= 11 is 5.71. The maximum Gasteiger partial charge on any atom is 0.410 e. The largest absolute Gasteiger partial charge is 0.493 e. The molecule has 0 radical (unpaired) electrons. The summed E-state index contributed by atoms with van der Waals surface area (Å²) in [5.41, 5.74) is -0.439. The van der Waals surface area contributed by atoms with Crippen molar-refractivity contribution in [3.8, 4) is 5.75 Å². The molecular weight excluding hydrogens is 449 g/mol. The second-order valence-electron chi connectivity index (χ2n) is 6.17. The van der Waals surface area contributed by atoms with Crippen LogP contribution in [0.15, 0.2) is 22.7 Å². The van der Waals surface area contributed by atoms with E-state index in [4.69, 9.17) is 9.47 Å². The van der Waals surface area contributed by atoms with Crippen LogP contribution in [0.2, 0.25) is 0 Å². The molecule has 1 aromatic carbocycles. The zero-order chi connectivity index (χ0) is 15.6. The third kappa shape index (κ3) is 5.32. The van der Waals surface area contributed by atoms with Crippen LogP contribution in [-0.4, -0.2) is 36.3 Å². The molecule has 1 aliphatic heterocycles. The highest BCUT2D eigenvalue weighted by Gasteiger charge is 2.34. The predicted molar refractivity (Wildman–Crippen MR) is 93.7 cm³/mol. The second-order valence-corrected chi connectivity index (χ2v) is 8.33. The standard InChI is InChI=1S/C15H19BrINO3/c1-15(2,3)21-14(19)18-7-10(8-18)9-20-13-5-11(16)4-12(17)6-13/h4-6,10H,7-9H2,1-3H3. The number of rotatable bonds is 3. The van der Waals surface area contributed by atoms with E-state index in [-0.39, 0.29) is 6.09 Å². The Labute approximate surface area is 147 Å². The Balaban J connectivity index is 1.74. The molecule has 116 valence electrons. The first-order chi connectivity index (χ1) is 9.73. The molecule has 1 aromatic rings. The summed E-state index contributed by atoms with van der Waals surface area (Å²) in [6.07, 6.45) is -0.240. The van der Waals surface area contributed by atoms with E-state index < -0.39 is 5.60 Å². The van der Waals surface area contributed by atoms with Crippen LogP contribution in [-0.2, 0) is 4.74 Å². The summed E-state index contributed by atoms with van der Waals surface area (Å²) in [5.74, 6) is 1.22. The SMILES string of the molecule is CC(C)(C)OC(=O)N1CC(COc2cc(Br)cc(I)c2)C1. The fourth-order valence-corrected chi connectivity index (χ4v) is 3.52. The highest BCUT2D eigenvalue weighted by Crippen LogP contribution is 2.25. The van der Waals surface area contributed by atoms with Gasteiger partial charge in [-0.25, -0.2) is 4.79 Å². The molecule has 0 bridgehead atoms. The molecule has 1 fully saturated rings. The molecular formula is C15H19BrINO3. The van der Waals surface area contributed by atoms with Gasteiger partial charge in [0.25, 0.3) is 0 Å². The molecule has 0 unspecified atom stereocenters. The third-order valence-corrected chi connectivity index (χ3v) is 4.01. The summed E-state index contributed by atoms with van der Waals surface area (Å²) < 4.78 is 13.2. The molecule has 0 aliphatic carbocycles. The van der Waals surface area contributed by atoms with Crippen LogP contribution in [0.5, 0.6) is 5.75 Å². The van der Waals surface area contributed by atoms with Gasteiger partial charge in [0.15, 0.2) is 0 Å². The Morgan fingerprint density at radius 2 is 2.05 bits per heavy atom. The fraction of sp³-hybridized carbons (Fsp3) is 0.533. The summed E-state index contributed by atoms with van der Waals surface area (Å²) in [4.78, 5) is 13.5. The van der Waals surface area contributed by atoms with Gasteiger partial charge < -0.3 is 14.4 Å². The third-order valence-electron chi connectivity index (χ3n) is 2.93. The van der Waals surface area contributed by atoms with E-state index in [1.165, 1.54) is 0 Å². The predicted octanol–water partition coefficient (Wildman–Crippen LogP) is 4.30. The number of nitrogens with zero attached hydrogens (tertiary/aromatic N) is 1. The first-order valence-corrected chi connectivity index (χ1v) is 8.67. The van der Waals surface area contributed by atoms with Gasteiger partial charge in [0.2, 0.25) is 0 Å². The van der Waals surface area contributed by atoms with Gasteiger partial charge in [-0.15, -0.1) is 0 Å². The maximum atomic E-state index is 11.8. The Bertz CT molecular complexity index is 504. The first-order valence-electron chi connectivity index (χ1n) is 6.80. The van der Waals surface area contributed by atoms with Gasteiger partial charge >= 0.3 is 6.09 Å². The van der Waals surface area contributed by atoms with Crippen molar-refractivity contribution < 1.29 is 14.3 Å². The van der Waals surface area contributed by atoms with E-state index in [0.29, 0.717) is 25.6 Å². The van der Waals surface area contributed by atoms with Crippen LogP contribution in [0.25, 0.3) is 0 Å². The minimum absolute atomic E-state index is 0.240. The van der Waals surface area contributed by atoms with E-state index in [2.05, 4.69) is 38.5 Å². The average molecular weight is 468 g/mol. The van der Waals surface area contributed by atoms with E-state index in [9.17, 15) is 4.79 Å². The lowest BCUT2D eigenvalue weighted by Crippen LogP contribution is -2.53. The zero-order valence-electron chi connectivity index (χ0n) is 12.4. The number of hydrogen-bond acceptors (Lipinski definition) is 3. The monoisotopic (exact) mass is 467 g/mol. The summed E-state index contributed by atoms with van der Waals surface area (Å²) in [6, 6.07) is 5.98. The second kappa shape index (κ2) is 6.73. The molecule has 4 nitrogen and oxygen atoms in total. The van der Waals surface area contributed by atoms with Gasteiger partial charge in [-0.1, -0.05) is 15.9 Å². The Kier molecular flexibility index (Phi) is 5.40. The van der Waals surface area contributed by atoms with Crippen LogP contribution < -0.4 is 4.74 Å². The Morgan fingerprint density at radius 3 is 2.62 bits per heavy atom. The molecule has 0 atom stereocenters. The molecule has 0 saturated carbocycles. The smallest absolute Gasteiger partial charge is 0.410 e. The van der Waals surface area contributed by atoms with E-state index in [1.54, 1.807) is 4.90 Å². The van der Waals surface area contributed by atoms with Gasteiger partial charge in [-0.2, -0.15) is 0 Å². The fourth-order valence-electron chi connectivity index (χ4n) is 1.98. The van der Waals surface area contributed by atoms with E-state index in [0.717, 1.165) is 13.8 Å². The lowest BCUT2D eigenvalue weighted by Gasteiger charge is -2.39. The maximum absolute atomic E-state index is 11.8. The van der Waals surface area contributed by atoms with Crippen LogP contribution in [0.1, 0.15) is 20.8 Å². The number of hydrogen-bond donors (Lipinski definition) is 0. The van der Waals surface area contributed by atoms with Crippen molar-refractivity contribution >= 4 is 44.6 Å². The normalized spacial score (nSPS) is 15.6. The number of likely N-dealkylation sites (tertiary alicyclic amines) is 1. The number of halogens is 2. The minimum atomic E-state index is -0.439. The number of carbonyl (C=O) groups excluding carboxylic acids is 1. The number of ether oxygens (including phenoxy) is 2. The molecule has 2 rings (SSSR count). The lowest BCUT2D eigenvalue weighted by molar-refractivity contribution is -0.00781. The topological polar surface area (TPSA) is 38.8 Å². The highest BCUT2D eigenvalue weighted by atomic mass is 127. The number of benzene rings is 1. The molecule has 1 aliphatic rings. The molecule has 1 amide bonds. The number of carbonyl (C=O) groups is 1. The van der Waals surface area contributed by atoms with Crippen LogP contribution in [0, 0.1) is 9.49 Å². The van der Waals surface area contributed by atoms with Gasteiger partial charge in [0.1, 0.15) is 11.4 Å². The molecule has 0 aromatic heterocycles. The number of amides is 1. The van der Waals surface area contributed by atoms with Gasteiger partial charge in [0.05, 0.1) is 6.61 Å². The molecule has 0 N–H and O–H groups in total. The van der Waals surface area contributed by atoms with E-state index in [1.807, 2.05) is 39.0 Å². The van der Waals surface area contributed by atoms with Crippen LogP contribution in [0.4, 0.5) is 4.79 Å².